The smallest absolute Gasteiger partial charge is 0.359 e. The Labute approximate surface area is 210 Å². The first-order chi connectivity index (χ1) is 17.9. The van der Waals surface area contributed by atoms with Crippen molar-refractivity contribution in [1.29, 1.82) is 0 Å². The standard InChI is InChI=1S/C27H21N3O7/c1-16(31)20-11-22-23(37-15-36-22)12-21(20)28-24(32)14-35-27(34)25-18-9-5-6-10-19(18)26(33)30(29-25)13-17-7-3-2-4-8-17/h2-12H,13-15H2,1H3,(H,28,32). The summed E-state index contributed by atoms with van der Waals surface area (Å²) in [4.78, 5) is 50.6. The topological polar surface area (TPSA) is 126 Å². The Kier molecular flexibility index (Phi) is 6.38. The van der Waals surface area contributed by atoms with Crippen LogP contribution < -0.4 is 20.3 Å². The fourth-order valence-corrected chi connectivity index (χ4v) is 3.97. The molecule has 0 bridgehead atoms. The Hall–Kier alpha value is -4.99. The SMILES string of the molecule is CC(=O)c1cc2c(cc1NC(=O)COC(=O)c1nn(Cc3ccccc3)c(=O)c3ccccc13)OCO2. The van der Waals surface area contributed by atoms with E-state index in [1.165, 1.54) is 23.7 Å². The average molecular weight is 499 g/mol. The minimum atomic E-state index is -0.870. The molecule has 1 aliphatic heterocycles. The van der Waals surface area contributed by atoms with E-state index in [4.69, 9.17) is 14.2 Å². The van der Waals surface area contributed by atoms with Crippen LogP contribution in [0.5, 0.6) is 11.5 Å². The van der Waals surface area contributed by atoms with Crippen LogP contribution >= 0.6 is 0 Å². The number of hydrogen-bond donors (Lipinski definition) is 1. The minimum Gasteiger partial charge on any atom is -0.454 e. The lowest BCUT2D eigenvalue weighted by Gasteiger charge is -2.12. The largest absolute Gasteiger partial charge is 0.454 e. The number of carbonyl (C=O) groups is 3. The highest BCUT2D eigenvalue weighted by Crippen LogP contribution is 2.37. The summed E-state index contributed by atoms with van der Waals surface area (Å²) in [6, 6.07) is 18.8. The van der Waals surface area contributed by atoms with Crippen molar-refractivity contribution in [2.75, 3.05) is 18.7 Å². The number of rotatable bonds is 7. The van der Waals surface area contributed by atoms with E-state index in [1.54, 1.807) is 24.3 Å². The van der Waals surface area contributed by atoms with Crippen LogP contribution in [0.1, 0.15) is 33.3 Å². The molecule has 186 valence electrons. The van der Waals surface area contributed by atoms with Gasteiger partial charge in [-0.15, -0.1) is 0 Å². The fraction of sp³-hybridized carbons (Fsp3) is 0.148. The van der Waals surface area contributed by atoms with E-state index < -0.39 is 18.5 Å². The number of Topliss-reactive ketones (excluding diaryl/α,β-unsaturated/α-hetero) is 1. The van der Waals surface area contributed by atoms with Gasteiger partial charge in [0.1, 0.15) is 0 Å². The van der Waals surface area contributed by atoms with Crippen LogP contribution in [0, 0.1) is 0 Å². The van der Waals surface area contributed by atoms with E-state index in [-0.39, 0.29) is 41.6 Å². The highest BCUT2D eigenvalue weighted by molar-refractivity contribution is 6.06. The number of ether oxygens (including phenoxy) is 3. The van der Waals surface area contributed by atoms with Crippen LogP contribution in [0.4, 0.5) is 5.69 Å². The van der Waals surface area contributed by atoms with E-state index in [0.29, 0.717) is 22.3 Å². The first-order valence-electron chi connectivity index (χ1n) is 11.4. The zero-order chi connectivity index (χ0) is 25.9. The first-order valence-corrected chi connectivity index (χ1v) is 11.4. The van der Waals surface area contributed by atoms with E-state index in [0.717, 1.165) is 5.56 Å². The molecule has 1 aromatic heterocycles. The number of fused-ring (bicyclic) bond motifs is 2. The number of amides is 1. The lowest BCUT2D eigenvalue weighted by molar-refractivity contribution is -0.119. The maximum absolute atomic E-state index is 13.0. The molecule has 0 saturated heterocycles. The van der Waals surface area contributed by atoms with E-state index in [9.17, 15) is 19.2 Å². The molecule has 0 radical (unpaired) electrons. The summed E-state index contributed by atoms with van der Waals surface area (Å²) in [7, 11) is 0. The molecule has 10 heteroatoms. The summed E-state index contributed by atoms with van der Waals surface area (Å²) in [5.41, 5.74) is 0.818. The first kappa shape index (κ1) is 23.7. The highest BCUT2D eigenvalue weighted by Gasteiger charge is 2.22. The predicted molar refractivity (Wildman–Crippen MR) is 133 cm³/mol. The summed E-state index contributed by atoms with van der Waals surface area (Å²) in [6.07, 6.45) is 0. The van der Waals surface area contributed by atoms with Gasteiger partial charge in [0.15, 0.2) is 29.6 Å². The molecule has 0 fully saturated rings. The van der Waals surface area contributed by atoms with Crippen LogP contribution in [0.3, 0.4) is 0 Å². The number of hydrogen-bond acceptors (Lipinski definition) is 8. The van der Waals surface area contributed by atoms with Crippen molar-refractivity contribution in [2.45, 2.75) is 13.5 Å². The molecule has 1 aliphatic rings. The van der Waals surface area contributed by atoms with E-state index in [1.807, 2.05) is 30.3 Å². The van der Waals surface area contributed by atoms with Gasteiger partial charge in [-0.2, -0.15) is 5.10 Å². The molecule has 37 heavy (non-hydrogen) atoms. The Bertz CT molecular complexity index is 1600. The van der Waals surface area contributed by atoms with Crippen LogP contribution in [0.2, 0.25) is 0 Å². The summed E-state index contributed by atoms with van der Waals surface area (Å²) in [5.74, 6) is -1.05. The average Bonchev–Trinajstić information content (AvgIpc) is 3.36. The number of aromatic nitrogens is 2. The normalized spacial score (nSPS) is 11.8. The number of ketones is 1. The third-order valence-electron chi connectivity index (χ3n) is 5.74. The van der Waals surface area contributed by atoms with Crippen LogP contribution in [-0.2, 0) is 16.1 Å². The van der Waals surface area contributed by atoms with Gasteiger partial charge in [0.25, 0.3) is 11.5 Å². The highest BCUT2D eigenvalue weighted by atomic mass is 16.7. The molecule has 0 unspecified atom stereocenters. The molecule has 0 aliphatic carbocycles. The minimum absolute atomic E-state index is 0.00900. The van der Waals surface area contributed by atoms with Crippen molar-refractivity contribution >= 4 is 34.1 Å². The molecule has 10 nitrogen and oxygen atoms in total. The van der Waals surface area contributed by atoms with E-state index >= 15 is 0 Å². The molecule has 0 spiro atoms. The third-order valence-corrected chi connectivity index (χ3v) is 5.74. The van der Waals surface area contributed by atoms with Gasteiger partial charge in [-0.05, 0) is 24.6 Å². The second kappa shape index (κ2) is 9.94. The second-order valence-electron chi connectivity index (χ2n) is 8.27. The lowest BCUT2D eigenvalue weighted by atomic mass is 10.1. The summed E-state index contributed by atoms with van der Waals surface area (Å²) < 4.78 is 17.0. The number of benzene rings is 3. The zero-order valence-electron chi connectivity index (χ0n) is 19.7. The molecule has 4 aromatic rings. The Morgan fingerprint density at radius 2 is 1.65 bits per heavy atom. The van der Waals surface area contributed by atoms with Crippen molar-refractivity contribution in [1.82, 2.24) is 9.78 Å². The molecule has 0 atom stereocenters. The molecule has 3 aromatic carbocycles. The lowest BCUT2D eigenvalue weighted by Crippen LogP contribution is -2.28. The van der Waals surface area contributed by atoms with Gasteiger partial charge < -0.3 is 19.5 Å². The van der Waals surface area contributed by atoms with Gasteiger partial charge in [0.2, 0.25) is 6.79 Å². The van der Waals surface area contributed by atoms with Gasteiger partial charge in [-0.25, -0.2) is 9.48 Å². The molecule has 5 rings (SSSR count). The molecule has 1 N–H and O–H groups in total. The van der Waals surface area contributed by atoms with Crippen LogP contribution in [0.15, 0.2) is 71.5 Å². The van der Waals surface area contributed by atoms with Crippen molar-refractivity contribution in [3.63, 3.8) is 0 Å². The maximum Gasteiger partial charge on any atom is 0.359 e. The van der Waals surface area contributed by atoms with E-state index in [2.05, 4.69) is 10.4 Å². The Morgan fingerprint density at radius 3 is 2.38 bits per heavy atom. The second-order valence-corrected chi connectivity index (χ2v) is 8.27. The van der Waals surface area contributed by atoms with Crippen LogP contribution in [0.25, 0.3) is 10.8 Å². The van der Waals surface area contributed by atoms with Crippen molar-refractivity contribution in [2.24, 2.45) is 0 Å². The van der Waals surface area contributed by atoms with Gasteiger partial charge in [-0.1, -0.05) is 48.5 Å². The molecule has 0 saturated carbocycles. The zero-order valence-corrected chi connectivity index (χ0v) is 19.7. The quantitative estimate of drug-likeness (QED) is 0.304. The van der Waals surface area contributed by atoms with Crippen molar-refractivity contribution in [3.8, 4) is 11.5 Å². The number of nitrogens with zero attached hydrogens (tertiary/aromatic N) is 2. The molecule has 2 heterocycles. The predicted octanol–water partition coefficient (Wildman–Crippen LogP) is 3.17. The number of anilines is 1. The maximum atomic E-state index is 13.0. The van der Waals surface area contributed by atoms with Crippen molar-refractivity contribution < 1.29 is 28.6 Å². The number of esters is 1. The fourth-order valence-electron chi connectivity index (χ4n) is 3.97. The number of nitrogens with one attached hydrogen (secondary N) is 1. The van der Waals surface area contributed by atoms with Gasteiger partial charge in [0, 0.05) is 17.0 Å². The van der Waals surface area contributed by atoms with Gasteiger partial charge in [-0.3, -0.25) is 14.4 Å². The Morgan fingerprint density at radius 1 is 0.973 bits per heavy atom. The van der Waals surface area contributed by atoms with Gasteiger partial charge >= 0.3 is 5.97 Å². The third kappa shape index (κ3) is 4.90. The monoisotopic (exact) mass is 499 g/mol. The molecule has 1 amide bonds. The summed E-state index contributed by atoms with van der Waals surface area (Å²) >= 11 is 0. The molecular weight excluding hydrogens is 478 g/mol. The molecular formula is C27H21N3O7. The van der Waals surface area contributed by atoms with Crippen LogP contribution in [-0.4, -0.2) is 40.8 Å². The summed E-state index contributed by atoms with van der Waals surface area (Å²) in [6.45, 7) is 0.880. The van der Waals surface area contributed by atoms with Crippen molar-refractivity contribution in [3.05, 3.63) is 93.9 Å². The summed E-state index contributed by atoms with van der Waals surface area (Å²) in [5, 5.41) is 7.45. The Balaban J connectivity index is 1.36. The van der Waals surface area contributed by atoms with Gasteiger partial charge in [0.05, 0.1) is 17.6 Å². The number of carbonyl (C=O) groups excluding carboxylic acids is 3.